The minimum atomic E-state index is -3.40. The second-order valence-electron chi connectivity index (χ2n) is 5.03. The van der Waals surface area contributed by atoms with Gasteiger partial charge in [-0.15, -0.1) is 0 Å². The Morgan fingerprint density at radius 1 is 1.27 bits per heavy atom. The zero-order valence-electron chi connectivity index (χ0n) is 12.6. The number of fused-ring (bicyclic) bond motifs is 1. The zero-order valence-corrected chi connectivity index (χ0v) is 13.4. The Kier molecular flexibility index (Phi) is 5.10. The molecule has 2 rings (SSSR count). The first kappa shape index (κ1) is 16.4. The Labute approximate surface area is 130 Å². The number of benzene rings is 1. The molecule has 1 N–H and O–H groups in total. The highest BCUT2D eigenvalue weighted by Crippen LogP contribution is 2.20. The number of hydrogen-bond donors (Lipinski definition) is 1. The van der Waals surface area contributed by atoms with Crippen LogP contribution in [0.2, 0.25) is 0 Å². The number of rotatable bonds is 6. The molecule has 0 fully saturated rings. The van der Waals surface area contributed by atoms with Gasteiger partial charge < -0.3 is 5.32 Å². The number of carbonyl (C=O) groups is 1. The topological polar surface area (TPSA) is 79.4 Å². The Morgan fingerprint density at radius 2 is 2.00 bits per heavy atom. The van der Waals surface area contributed by atoms with Crippen molar-refractivity contribution in [3.8, 4) is 0 Å². The molecule has 118 valence electrons. The molecule has 1 amide bonds. The van der Waals surface area contributed by atoms with E-state index < -0.39 is 10.0 Å². The molecule has 0 aliphatic carbocycles. The molecule has 6 nitrogen and oxygen atoms in total. The summed E-state index contributed by atoms with van der Waals surface area (Å²) in [4.78, 5) is 16.4. The molecule has 7 heteroatoms. The van der Waals surface area contributed by atoms with Gasteiger partial charge in [0, 0.05) is 18.1 Å². The van der Waals surface area contributed by atoms with Crippen molar-refractivity contribution in [1.29, 1.82) is 0 Å². The number of aromatic nitrogens is 1. The largest absolute Gasteiger partial charge is 0.323 e. The number of para-hydroxylation sites is 1. The Balaban J connectivity index is 2.17. The monoisotopic (exact) mass is 321 g/mol. The Bertz CT molecular complexity index is 769. The standard InChI is InChI=1S/C15H19N3O3S/c1-3-10-18(22(2,20)21)11-14(19)17-13-8-4-6-12-7-5-9-16-15(12)13/h4-9H,3,10-11H2,1-2H3,(H,17,19). The quantitative estimate of drug-likeness (QED) is 0.880. The van der Waals surface area contributed by atoms with Crippen molar-refractivity contribution in [3.05, 3.63) is 36.5 Å². The number of nitrogens with zero attached hydrogens (tertiary/aromatic N) is 2. The molecule has 0 saturated heterocycles. The number of carbonyl (C=O) groups excluding carboxylic acids is 1. The summed E-state index contributed by atoms with van der Waals surface area (Å²) in [5, 5.41) is 3.65. The first-order valence-electron chi connectivity index (χ1n) is 7.00. The van der Waals surface area contributed by atoms with E-state index >= 15 is 0 Å². The summed E-state index contributed by atoms with van der Waals surface area (Å²) in [7, 11) is -3.40. The highest BCUT2D eigenvalue weighted by Gasteiger charge is 2.19. The Hall–Kier alpha value is -1.99. The van der Waals surface area contributed by atoms with Gasteiger partial charge in [0.15, 0.2) is 0 Å². The van der Waals surface area contributed by atoms with E-state index in [1.54, 1.807) is 12.3 Å². The van der Waals surface area contributed by atoms with Gasteiger partial charge in [0.25, 0.3) is 0 Å². The first-order valence-corrected chi connectivity index (χ1v) is 8.85. The van der Waals surface area contributed by atoms with Gasteiger partial charge in [-0.3, -0.25) is 9.78 Å². The van der Waals surface area contributed by atoms with E-state index in [2.05, 4.69) is 10.3 Å². The molecule has 0 saturated carbocycles. The lowest BCUT2D eigenvalue weighted by atomic mass is 10.2. The summed E-state index contributed by atoms with van der Waals surface area (Å²) in [6.45, 7) is 1.99. The van der Waals surface area contributed by atoms with Gasteiger partial charge in [0.2, 0.25) is 15.9 Å². The van der Waals surface area contributed by atoms with Crippen LogP contribution in [0.25, 0.3) is 10.9 Å². The fourth-order valence-electron chi connectivity index (χ4n) is 2.17. The highest BCUT2D eigenvalue weighted by atomic mass is 32.2. The molecule has 0 radical (unpaired) electrons. The SMILES string of the molecule is CCCN(CC(=O)Nc1cccc2cccnc12)S(C)(=O)=O. The number of anilines is 1. The molecule has 0 unspecified atom stereocenters. The number of pyridine rings is 1. The summed E-state index contributed by atoms with van der Waals surface area (Å²) in [6, 6.07) is 9.19. The van der Waals surface area contributed by atoms with Crippen molar-refractivity contribution >= 4 is 32.5 Å². The van der Waals surface area contributed by atoms with Crippen LogP contribution < -0.4 is 5.32 Å². The zero-order chi connectivity index (χ0) is 16.2. The van der Waals surface area contributed by atoms with Gasteiger partial charge in [-0.2, -0.15) is 4.31 Å². The van der Waals surface area contributed by atoms with Crippen LogP contribution in [0.3, 0.4) is 0 Å². The third-order valence-corrected chi connectivity index (χ3v) is 4.42. The number of sulfonamides is 1. The van der Waals surface area contributed by atoms with E-state index in [0.29, 0.717) is 24.2 Å². The molecule has 0 atom stereocenters. The lowest BCUT2D eigenvalue weighted by Gasteiger charge is -2.18. The van der Waals surface area contributed by atoms with Gasteiger partial charge in [-0.1, -0.05) is 25.1 Å². The fourth-order valence-corrected chi connectivity index (χ4v) is 3.03. The number of amides is 1. The molecule has 2 aromatic rings. The number of nitrogens with one attached hydrogen (secondary N) is 1. The summed E-state index contributed by atoms with van der Waals surface area (Å²) in [6.07, 6.45) is 3.41. The second kappa shape index (κ2) is 6.85. The minimum Gasteiger partial charge on any atom is -0.323 e. The smallest absolute Gasteiger partial charge is 0.239 e. The van der Waals surface area contributed by atoms with Crippen LogP contribution in [0.5, 0.6) is 0 Å². The van der Waals surface area contributed by atoms with E-state index in [4.69, 9.17) is 0 Å². The van der Waals surface area contributed by atoms with Crippen molar-refractivity contribution in [2.45, 2.75) is 13.3 Å². The molecule has 0 spiro atoms. The van der Waals surface area contributed by atoms with Crippen LogP contribution in [0.1, 0.15) is 13.3 Å². The van der Waals surface area contributed by atoms with Crippen molar-refractivity contribution in [1.82, 2.24) is 9.29 Å². The van der Waals surface area contributed by atoms with Crippen LogP contribution in [0.4, 0.5) is 5.69 Å². The van der Waals surface area contributed by atoms with E-state index in [1.165, 1.54) is 4.31 Å². The van der Waals surface area contributed by atoms with E-state index in [9.17, 15) is 13.2 Å². The molecule has 0 bridgehead atoms. The summed E-state index contributed by atoms with van der Waals surface area (Å²) >= 11 is 0. The molecule has 1 aromatic heterocycles. The van der Waals surface area contributed by atoms with Crippen LogP contribution in [0.15, 0.2) is 36.5 Å². The molecule has 1 heterocycles. The van der Waals surface area contributed by atoms with Crippen LogP contribution in [0, 0.1) is 0 Å². The molecule has 1 aromatic carbocycles. The fraction of sp³-hybridized carbons (Fsp3) is 0.333. The maximum Gasteiger partial charge on any atom is 0.239 e. The van der Waals surface area contributed by atoms with E-state index in [0.717, 1.165) is 11.6 Å². The maximum absolute atomic E-state index is 12.1. The van der Waals surface area contributed by atoms with Crippen LogP contribution in [-0.4, -0.2) is 43.0 Å². The number of hydrogen-bond acceptors (Lipinski definition) is 4. The predicted octanol–water partition coefficient (Wildman–Crippen LogP) is 1.84. The second-order valence-corrected chi connectivity index (χ2v) is 7.01. The third kappa shape index (κ3) is 4.02. The summed E-state index contributed by atoms with van der Waals surface area (Å²) in [5.74, 6) is -0.378. The summed E-state index contributed by atoms with van der Waals surface area (Å²) in [5.41, 5.74) is 1.26. The van der Waals surface area contributed by atoms with Crippen molar-refractivity contribution in [2.75, 3.05) is 24.7 Å². The lowest BCUT2D eigenvalue weighted by molar-refractivity contribution is -0.116. The van der Waals surface area contributed by atoms with Gasteiger partial charge in [-0.25, -0.2) is 8.42 Å². The van der Waals surface area contributed by atoms with Crippen LogP contribution in [-0.2, 0) is 14.8 Å². The molecular weight excluding hydrogens is 302 g/mol. The predicted molar refractivity (Wildman–Crippen MR) is 87.1 cm³/mol. The van der Waals surface area contributed by atoms with Gasteiger partial charge in [-0.05, 0) is 18.6 Å². The van der Waals surface area contributed by atoms with Crippen molar-refractivity contribution in [3.63, 3.8) is 0 Å². The lowest BCUT2D eigenvalue weighted by Crippen LogP contribution is -2.37. The average Bonchev–Trinajstić information content (AvgIpc) is 2.46. The molecule has 0 aliphatic rings. The normalized spacial score (nSPS) is 11.8. The van der Waals surface area contributed by atoms with Crippen molar-refractivity contribution in [2.24, 2.45) is 0 Å². The van der Waals surface area contributed by atoms with E-state index in [1.807, 2.05) is 31.2 Å². The van der Waals surface area contributed by atoms with Crippen molar-refractivity contribution < 1.29 is 13.2 Å². The third-order valence-electron chi connectivity index (χ3n) is 3.17. The summed E-state index contributed by atoms with van der Waals surface area (Å²) < 4.78 is 24.5. The Morgan fingerprint density at radius 3 is 2.68 bits per heavy atom. The molecular formula is C15H19N3O3S. The van der Waals surface area contributed by atoms with E-state index in [-0.39, 0.29) is 12.5 Å². The van der Waals surface area contributed by atoms with Gasteiger partial charge in [0.05, 0.1) is 24.0 Å². The maximum atomic E-state index is 12.1. The first-order chi connectivity index (χ1) is 10.4. The van der Waals surface area contributed by atoms with Gasteiger partial charge in [0.1, 0.15) is 0 Å². The van der Waals surface area contributed by atoms with Gasteiger partial charge >= 0.3 is 0 Å². The molecule has 0 aliphatic heterocycles. The minimum absolute atomic E-state index is 0.199. The molecule has 22 heavy (non-hydrogen) atoms. The highest BCUT2D eigenvalue weighted by molar-refractivity contribution is 7.88. The average molecular weight is 321 g/mol. The van der Waals surface area contributed by atoms with Crippen LogP contribution >= 0.6 is 0 Å².